The molecule has 1 spiro atoms. The summed E-state index contributed by atoms with van der Waals surface area (Å²) in [5, 5.41) is 0. The summed E-state index contributed by atoms with van der Waals surface area (Å²) in [5.41, 5.74) is 2.30. The largest absolute Gasteiger partial charge is 0.451 e. The number of rotatable bonds is 4. The van der Waals surface area contributed by atoms with Gasteiger partial charge in [-0.25, -0.2) is 4.79 Å². The molecule has 0 unspecified atom stereocenters. The highest BCUT2D eigenvalue weighted by molar-refractivity contribution is 5.95. The van der Waals surface area contributed by atoms with E-state index in [1.807, 2.05) is 37.1 Å². The van der Waals surface area contributed by atoms with Crippen molar-refractivity contribution < 1.29 is 14.3 Å². The van der Waals surface area contributed by atoms with Crippen LogP contribution in [0.4, 0.5) is 0 Å². The fraction of sp³-hybridized carbons (Fsp3) is 0.636. The molecule has 3 aliphatic rings. The third kappa shape index (κ3) is 3.49. The van der Waals surface area contributed by atoms with E-state index in [1.54, 1.807) is 0 Å². The lowest BCUT2D eigenvalue weighted by Gasteiger charge is -2.37. The molecule has 1 amide bonds. The van der Waals surface area contributed by atoms with Crippen molar-refractivity contribution in [1.29, 1.82) is 0 Å². The van der Waals surface area contributed by atoms with E-state index < -0.39 is 5.60 Å². The van der Waals surface area contributed by atoms with Gasteiger partial charge in [0, 0.05) is 31.6 Å². The maximum absolute atomic E-state index is 12.9. The Morgan fingerprint density at radius 3 is 2.67 bits per heavy atom. The van der Waals surface area contributed by atoms with Gasteiger partial charge in [-0.05, 0) is 64.6 Å². The lowest BCUT2D eigenvalue weighted by molar-refractivity contribution is -0.137. The Hall–Kier alpha value is -1.88. The zero-order valence-electron chi connectivity index (χ0n) is 16.5. The summed E-state index contributed by atoms with van der Waals surface area (Å²) in [5.74, 6) is 0.0890. The van der Waals surface area contributed by atoms with Crippen LogP contribution in [0.5, 0.6) is 0 Å². The minimum Gasteiger partial charge on any atom is -0.451 e. The molecule has 1 aliphatic carbocycles. The van der Waals surface area contributed by atoms with E-state index in [-0.39, 0.29) is 17.8 Å². The minimum atomic E-state index is -0.509. The van der Waals surface area contributed by atoms with E-state index in [1.165, 1.54) is 12.8 Å². The molecule has 5 heteroatoms. The highest BCUT2D eigenvalue weighted by atomic mass is 16.6. The second-order valence-corrected chi connectivity index (χ2v) is 8.52. The molecule has 1 aromatic carbocycles. The van der Waals surface area contributed by atoms with Crippen molar-refractivity contribution in [2.75, 3.05) is 33.2 Å². The van der Waals surface area contributed by atoms with Gasteiger partial charge in [-0.1, -0.05) is 17.7 Å². The minimum absolute atomic E-state index is 0.0485. The molecule has 0 N–H and O–H groups in total. The van der Waals surface area contributed by atoms with Gasteiger partial charge in [-0.2, -0.15) is 0 Å². The van der Waals surface area contributed by atoms with Crippen molar-refractivity contribution in [3.05, 3.63) is 34.9 Å². The maximum atomic E-state index is 12.9. The van der Waals surface area contributed by atoms with Crippen molar-refractivity contribution >= 4 is 11.9 Å². The fourth-order valence-corrected chi connectivity index (χ4v) is 4.93. The molecule has 1 aromatic rings. The van der Waals surface area contributed by atoms with Crippen LogP contribution in [0.25, 0.3) is 0 Å². The number of amides is 1. The Labute approximate surface area is 161 Å². The van der Waals surface area contributed by atoms with Gasteiger partial charge in [0.25, 0.3) is 0 Å². The first-order chi connectivity index (χ1) is 13.0. The standard InChI is InChI=1S/C22H30N2O3/c1-16-5-6-19-18(15-16)21(26)27-22(19)9-7-17(8-10-22)20(25)23(2)13-14-24-11-3-4-12-24/h5-6,15,17H,3-4,7-14H2,1-2H3/t17-,22-. The van der Waals surface area contributed by atoms with Crippen LogP contribution < -0.4 is 0 Å². The van der Waals surface area contributed by atoms with E-state index in [4.69, 9.17) is 4.74 Å². The van der Waals surface area contributed by atoms with Crippen LogP contribution in [0, 0.1) is 12.8 Å². The summed E-state index contributed by atoms with van der Waals surface area (Å²) < 4.78 is 5.85. The van der Waals surface area contributed by atoms with Crippen LogP contribution in [-0.4, -0.2) is 54.9 Å². The number of carbonyl (C=O) groups excluding carboxylic acids is 2. The van der Waals surface area contributed by atoms with Crippen molar-refractivity contribution in [3.8, 4) is 0 Å². The Balaban J connectivity index is 1.36. The number of hydrogen-bond acceptors (Lipinski definition) is 4. The number of hydrogen-bond donors (Lipinski definition) is 0. The molecule has 1 saturated carbocycles. The molecular weight excluding hydrogens is 340 g/mol. The Morgan fingerprint density at radius 2 is 1.96 bits per heavy atom. The highest BCUT2D eigenvalue weighted by Gasteiger charge is 2.48. The first-order valence-electron chi connectivity index (χ1n) is 10.3. The zero-order valence-corrected chi connectivity index (χ0v) is 16.5. The molecule has 0 aromatic heterocycles. The molecular formula is C22H30N2O3. The molecule has 0 atom stereocenters. The fourth-order valence-electron chi connectivity index (χ4n) is 4.93. The van der Waals surface area contributed by atoms with Crippen LogP contribution in [-0.2, 0) is 15.1 Å². The van der Waals surface area contributed by atoms with Gasteiger partial charge in [0.05, 0.1) is 5.56 Å². The van der Waals surface area contributed by atoms with E-state index in [9.17, 15) is 9.59 Å². The third-order valence-corrected chi connectivity index (χ3v) is 6.64. The second-order valence-electron chi connectivity index (χ2n) is 8.52. The number of likely N-dealkylation sites (N-methyl/N-ethyl adjacent to an activating group) is 1. The molecule has 4 rings (SSSR count). The van der Waals surface area contributed by atoms with Crippen LogP contribution in [0.15, 0.2) is 18.2 Å². The van der Waals surface area contributed by atoms with Gasteiger partial charge >= 0.3 is 5.97 Å². The number of likely N-dealkylation sites (tertiary alicyclic amines) is 1. The third-order valence-electron chi connectivity index (χ3n) is 6.64. The molecule has 2 fully saturated rings. The predicted octanol–water partition coefficient (Wildman–Crippen LogP) is 3.11. The van der Waals surface area contributed by atoms with Gasteiger partial charge in [-0.3, -0.25) is 4.79 Å². The van der Waals surface area contributed by atoms with Crippen molar-refractivity contribution in [2.24, 2.45) is 5.92 Å². The van der Waals surface area contributed by atoms with E-state index in [0.29, 0.717) is 5.56 Å². The summed E-state index contributed by atoms with van der Waals surface area (Å²) in [4.78, 5) is 29.5. The first-order valence-corrected chi connectivity index (χ1v) is 10.3. The summed E-state index contributed by atoms with van der Waals surface area (Å²) in [6.07, 6.45) is 5.61. The number of aryl methyl sites for hydroxylation is 1. The van der Waals surface area contributed by atoms with Gasteiger partial charge in [0.2, 0.25) is 5.91 Å². The van der Waals surface area contributed by atoms with Crippen molar-refractivity contribution in [2.45, 2.75) is 51.0 Å². The summed E-state index contributed by atoms with van der Waals surface area (Å²) in [7, 11) is 1.93. The van der Waals surface area contributed by atoms with E-state index >= 15 is 0 Å². The summed E-state index contributed by atoms with van der Waals surface area (Å²) in [6, 6.07) is 6.02. The van der Waals surface area contributed by atoms with Gasteiger partial charge in [0.15, 0.2) is 0 Å². The normalized spacial score (nSPS) is 27.6. The number of nitrogens with zero attached hydrogens (tertiary/aromatic N) is 2. The molecule has 0 bridgehead atoms. The molecule has 27 heavy (non-hydrogen) atoms. The lowest BCUT2D eigenvalue weighted by atomic mass is 9.74. The smallest absolute Gasteiger partial charge is 0.339 e. The van der Waals surface area contributed by atoms with Crippen LogP contribution in [0.2, 0.25) is 0 Å². The molecule has 2 heterocycles. The van der Waals surface area contributed by atoms with Crippen molar-refractivity contribution in [1.82, 2.24) is 9.80 Å². The quantitative estimate of drug-likeness (QED) is 0.764. The van der Waals surface area contributed by atoms with Gasteiger partial charge in [-0.15, -0.1) is 0 Å². The molecule has 5 nitrogen and oxygen atoms in total. The summed E-state index contributed by atoms with van der Waals surface area (Å²) in [6.45, 7) is 6.10. The van der Waals surface area contributed by atoms with Crippen LogP contribution in [0.3, 0.4) is 0 Å². The number of carbonyl (C=O) groups is 2. The van der Waals surface area contributed by atoms with Crippen LogP contribution in [0.1, 0.15) is 60.0 Å². The average molecular weight is 370 g/mol. The zero-order chi connectivity index (χ0) is 19.0. The number of fused-ring (bicyclic) bond motifs is 2. The van der Waals surface area contributed by atoms with E-state index in [0.717, 1.165) is 63.0 Å². The van der Waals surface area contributed by atoms with Crippen LogP contribution >= 0.6 is 0 Å². The van der Waals surface area contributed by atoms with Crippen molar-refractivity contribution in [3.63, 3.8) is 0 Å². The topological polar surface area (TPSA) is 49.9 Å². The first kappa shape index (κ1) is 18.5. The Kier molecular flexibility index (Phi) is 4.97. The number of esters is 1. The predicted molar refractivity (Wildman–Crippen MR) is 104 cm³/mol. The average Bonchev–Trinajstić information content (AvgIpc) is 3.27. The maximum Gasteiger partial charge on any atom is 0.339 e. The number of benzene rings is 1. The molecule has 2 aliphatic heterocycles. The lowest BCUT2D eigenvalue weighted by Crippen LogP contribution is -2.41. The highest BCUT2D eigenvalue weighted by Crippen LogP contribution is 2.48. The van der Waals surface area contributed by atoms with E-state index in [2.05, 4.69) is 4.90 Å². The molecule has 146 valence electrons. The molecule has 0 radical (unpaired) electrons. The Bertz CT molecular complexity index is 731. The monoisotopic (exact) mass is 370 g/mol. The van der Waals surface area contributed by atoms with Gasteiger partial charge in [0.1, 0.15) is 5.60 Å². The molecule has 1 saturated heterocycles. The van der Waals surface area contributed by atoms with Gasteiger partial charge < -0.3 is 14.5 Å². The SMILES string of the molecule is Cc1ccc2c(c1)C(=O)O[C@]21CC[C@H](C(=O)N(C)CCN2CCCC2)CC1. The Morgan fingerprint density at radius 1 is 1.26 bits per heavy atom. The number of ether oxygens (including phenoxy) is 1. The summed E-state index contributed by atoms with van der Waals surface area (Å²) >= 11 is 0. The second kappa shape index (κ2) is 7.27.